The molecule has 0 saturated carbocycles. The smallest absolute Gasteiger partial charge is 0.335 e. The number of carbonyl (C=O) groups is 1. The highest BCUT2D eigenvalue weighted by Crippen LogP contribution is 2.20. The van der Waals surface area contributed by atoms with Crippen molar-refractivity contribution < 1.29 is 19.8 Å². The minimum atomic E-state index is -1.08. The van der Waals surface area contributed by atoms with Crippen molar-refractivity contribution in [2.24, 2.45) is 5.16 Å². The normalized spacial score (nSPS) is 11.4. The number of fused-ring (bicyclic) bond motifs is 1. The van der Waals surface area contributed by atoms with E-state index in [1.54, 1.807) is 0 Å². The Labute approximate surface area is 137 Å². The molecule has 0 unspecified atom stereocenters. The Balaban J connectivity index is 1.78. The summed E-state index contributed by atoms with van der Waals surface area (Å²) in [4.78, 5) is 15.0. The first-order valence-corrected chi connectivity index (χ1v) is 7.19. The molecule has 3 rings (SSSR count). The summed E-state index contributed by atoms with van der Waals surface area (Å²) in [5.41, 5.74) is 0.455. The average molecular weight is 322 g/mol. The third-order valence-corrected chi connectivity index (χ3v) is 3.52. The number of aromatic nitrogens is 1. The van der Waals surface area contributed by atoms with Crippen LogP contribution in [0.5, 0.6) is 5.75 Å². The lowest BCUT2D eigenvalue weighted by atomic mass is 10.1. The van der Waals surface area contributed by atoms with Crippen LogP contribution in [0.4, 0.5) is 0 Å². The predicted molar refractivity (Wildman–Crippen MR) is 89.0 cm³/mol. The van der Waals surface area contributed by atoms with Crippen LogP contribution >= 0.6 is 0 Å². The number of nitrogens with zero attached hydrogens (tertiary/aromatic N) is 2. The summed E-state index contributed by atoms with van der Waals surface area (Å²) < 4.78 is 5.64. The van der Waals surface area contributed by atoms with Gasteiger partial charge in [0.05, 0.1) is 11.3 Å². The molecular formula is C18H14N2O4. The number of rotatable bonds is 5. The summed E-state index contributed by atoms with van der Waals surface area (Å²) in [6, 6.07) is 16.2. The summed E-state index contributed by atoms with van der Waals surface area (Å²) in [6.07, 6.45) is 1.35. The molecule has 0 radical (unpaired) electrons. The van der Waals surface area contributed by atoms with Crippen molar-refractivity contribution in [1.29, 1.82) is 0 Å². The number of oxime groups is 1. The third kappa shape index (κ3) is 3.33. The second-order valence-electron chi connectivity index (χ2n) is 5.08. The number of benzene rings is 2. The van der Waals surface area contributed by atoms with Crippen molar-refractivity contribution in [2.75, 3.05) is 6.61 Å². The second kappa shape index (κ2) is 6.78. The molecule has 0 fully saturated rings. The van der Waals surface area contributed by atoms with Crippen molar-refractivity contribution in [1.82, 2.24) is 4.98 Å². The Kier molecular flexibility index (Phi) is 4.38. The number of carboxylic acid groups (broad SMARTS) is 1. The molecule has 1 aromatic heterocycles. The molecule has 120 valence electrons. The zero-order chi connectivity index (χ0) is 16.9. The maximum Gasteiger partial charge on any atom is 0.335 e. The van der Waals surface area contributed by atoms with Gasteiger partial charge in [0.1, 0.15) is 18.1 Å². The van der Waals surface area contributed by atoms with Gasteiger partial charge in [-0.2, -0.15) is 0 Å². The van der Waals surface area contributed by atoms with Gasteiger partial charge in [-0.05, 0) is 35.0 Å². The number of carboxylic acids is 1. The molecule has 6 nitrogen and oxygen atoms in total. The van der Waals surface area contributed by atoms with Crippen LogP contribution in [-0.4, -0.2) is 33.6 Å². The lowest BCUT2D eigenvalue weighted by molar-refractivity contribution is 0.0696. The Morgan fingerprint density at radius 2 is 1.88 bits per heavy atom. The Morgan fingerprint density at radius 3 is 2.62 bits per heavy atom. The fourth-order valence-electron chi connectivity index (χ4n) is 2.28. The molecular weight excluding hydrogens is 308 g/mol. The molecule has 0 spiro atoms. The molecule has 0 aliphatic heterocycles. The summed E-state index contributed by atoms with van der Waals surface area (Å²) in [6.45, 7) is -0.0368. The fraction of sp³-hybridized carbons (Fsp3) is 0.0556. The van der Waals surface area contributed by atoms with Crippen LogP contribution in [-0.2, 0) is 0 Å². The van der Waals surface area contributed by atoms with Crippen molar-refractivity contribution >= 4 is 22.5 Å². The molecule has 2 N–H and O–H groups in total. The lowest BCUT2D eigenvalue weighted by Gasteiger charge is -2.09. The highest BCUT2D eigenvalue weighted by Gasteiger charge is 2.11. The largest absolute Gasteiger partial charge is 0.487 e. The van der Waals surface area contributed by atoms with Crippen LogP contribution in [0.2, 0.25) is 0 Å². The van der Waals surface area contributed by atoms with Gasteiger partial charge in [0, 0.05) is 6.20 Å². The zero-order valence-corrected chi connectivity index (χ0v) is 12.6. The first kappa shape index (κ1) is 15.5. The van der Waals surface area contributed by atoms with E-state index in [0.29, 0.717) is 5.75 Å². The number of hydrogen-bond donors (Lipinski definition) is 2. The maximum atomic E-state index is 11.0. The van der Waals surface area contributed by atoms with Crippen LogP contribution in [0, 0.1) is 0 Å². The SMILES string of the molecule is O=C(O)c1ccnc(/C(COc2ccc3ccccc3c2)=N/O)c1. The van der Waals surface area contributed by atoms with Crippen LogP contribution in [0.3, 0.4) is 0 Å². The number of hydrogen-bond acceptors (Lipinski definition) is 5. The third-order valence-electron chi connectivity index (χ3n) is 3.52. The van der Waals surface area contributed by atoms with Crippen LogP contribution in [0.25, 0.3) is 10.8 Å². The molecule has 24 heavy (non-hydrogen) atoms. The molecule has 0 saturated heterocycles. The van der Waals surface area contributed by atoms with Gasteiger partial charge in [0.25, 0.3) is 0 Å². The quantitative estimate of drug-likeness (QED) is 0.427. The van der Waals surface area contributed by atoms with Crippen LogP contribution < -0.4 is 4.74 Å². The van der Waals surface area contributed by atoms with E-state index in [1.165, 1.54) is 18.3 Å². The Hall–Kier alpha value is -3.41. The molecule has 6 heteroatoms. The van der Waals surface area contributed by atoms with Gasteiger partial charge in [-0.25, -0.2) is 4.79 Å². The minimum absolute atomic E-state index is 0.0368. The van der Waals surface area contributed by atoms with E-state index in [2.05, 4.69) is 10.1 Å². The molecule has 3 aromatic rings. The number of ether oxygens (including phenoxy) is 1. The monoisotopic (exact) mass is 322 g/mol. The van der Waals surface area contributed by atoms with Gasteiger partial charge in [0.15, 0.2) is 0 Å². The van der Waals surface area contributed by atoms with Crippen LogP contribution in [0.1, 0.15) is 16.1 Å². The standard InChI is InChI=1S/C18H14N2O4/c21-18(22)14-7-8-19-16(10-14)17(20-23)11-24-15-6-5-12-3-1-2-4-13(12)9-15/h1-10,23H,11H2,(H,21,22)/b20-17+. The molecule has 1 heterocycles. The van der Waals surface area contributed by atoms with E-state index in [1.807, 2.05) is 42.5 Å². The summed E-state index contributed by atoms with van der Waals surface area (Å²) in [5.74, 6) is -0.462. The van der Waals surface area contributed by atoms with Crippen molar-refractivity contribution in [2.45, 2.75) is 0 Å². The van der Waals surface area contributed by atoms with Crippen LogP contribution in [0.15, 0.2) is 65.9 Å². The molecule has 2 aromatic carbocycles. The summed E-state index contributed by atoms with van der Waals surface area (Å²) in [5, 5.41) is 23.5. The van der Waals surface area contributed by atoms with Gasteiger partial charge in [0.2, 0.25) is 0 Å². The van der Waals surface area contributed by atoms with Gasteiger partial charge in [-0.1, -0.05) is 35.5 Å². The first-order chi connectivity index (χ1) is 11.7. The summed E-state index contributed by atoms with van der Waals surface area (Å²) in [7, 11) is 0. The molecule has 0 aliphatic carbocycles. The van der Waals surface area contributed by atoms with Gasteiger partial charge in [-0.15, -0.1) is 0 Å². The second-order valence-corrected chi connectivity index (χ2v) is 5.08. The Morgan fingerprint density at radius 1 is 1.08 bits per heavy atom. The van der Waals surface area contributed by atoms with E-state index in [9.17, 15) is 10.0 Å². The van der Waals surface area contributed by atoms with E-state index in [0.717, 1.165) is 10.8 Å². The maximum absolute atomic E-state index is 11.0. The molecule has 0 aliphatic rings. The first-order valence-electron chi connectivity index (χ1n) is 7.19. The fourth-order valence-corrected chi connectivity index (χ4v) is 2.28. The highest BCUT2D eigenvalue weighted by atomic mass is 16.5. The van der Waals surface area contributed by atoms with E-state index in [-0.39, 0.29) is 23.6 Å². The average Bonchev–Trinajstić information content (AvgIpc) is 2.62. The van der Waals surface area contributed by atoms with Crippen molar-refractivity contribution in [3.63, 3.8) is 0 Å². The van der Waals surface area contributed by atoms with Gasteiger partial charge >= 0.3 is 5.97 Å². The van der Waals surface area contributed by atoms with E-state index in [4.69, 9.17) is 9.84 Å². The van der Waals surface area contributed by atoms with Gasteiger partial charge < -0.3 is 15.1 Å². The molecule has 0 bridgehead atoms. The summed E-state index contributed by atoms with van der Waals surface area (Å²) >= 11 is 0. The van der Waals surface area contributed by atoms with Crippen molar-refractivity contribution in [3.8, 4) is 5.75 Å². The lowest BCUT2D eigenvalue weighted by Crippen LogP contribution is -2.15. The topological polar surface area (TPSA) is 92.0 Å². The number of pyridine rings is 1. The minimum Gasteiger partial charge on any atom is -0.487 e. The molecule has 0 atom stereocenters. The zero-order valence-electron chi connectivity index (χ0n) is 12.6. The van der Waals surface area contributed by atoms with E-state index >= 15 is 0 Å². The van der Waals surface area contributed by atoms with E-state index < -0.39 is 5.97 Å². The number of aromatic carboxylic acids is 1. The predicted octanol–water partition coefficient (Wildman–Crippen LogP) is 3.19. The van der Waals surface area contributed by atoms with Crippen molar-refractivity contribution in [3.05, 3.63) is 72.1 Å². The van der Waals surface area contributed by atoms with Gasteiger partial charge in [-0.3, -0.25) is 4.98 Å². The highest BCUT2D eigenvalue weighted by molar-refractivity contribution is 6.01. The Bertz CT molecular complexity index is 922. The molecule has 0 amide bonds.